The second-order valence-corrected chi connectivity index (χ2v) is 5.85. The van der Waals surface area contributed by atoms with Gasteiger partial charge in [-0.15, -0.1) is 11.8 Å². The van der Waals surface area contributed by atoms with Gasteiger partial charge in [-0.3, -0.25) is 19.3 Å². The van der Waals surface area contributed by atoms with Gasteiger partial charge in [0.05, 0.1) is 23.8 Å². The Bertz CT molecular complexity index is 576. The molecule has 1 fully saturated rings. The van der Waals surface area contributed by atoms with E-state index < -0.39 is 5.91 Å². The van der Waals surface area contributed by atoms with E-state index in [9.17, 15) is 14.4 Å². The summed E-state index contributed by atoms with van der Waals surface area (Å²) in [6, 6.07) is 6.94. The lowest BCUT2D eigenvalue weighted by molar-refractivity contribution is -0.145. The molecule has 21 heavy (non-hydrogen) atoms. The Morgan fingerprint density at radius 1 is 1.43 bits per heavy atom. The molecule has 1 aliphatic heterocycles. The maximum absolute atomic E-state index is 12.0. The van der Waals surface area contributed by atoms with E-state index in [0.717, 1.165) is 4.90 Å². The minimum atomic E-state index is -0.430. The standard InChI is InChI=1S/C14H16N2O4S/c1-9-14(19)16(13(18)8-21-9)7-12(17)15-10-5-3-4-6-11(10)20-2/h3-6,9H,7-8H2,1-2H3,(H,15,17)/t9-/m1/s1. The van der Waals surface area contributed by atoms with E-state index in [0.29, 0.717) is 11.4 Å². The van der Waals surface area contributed by atoms with Crippen LogP contribution in [0.4, 0.5) is 5.69 Å². The molecule has 6 nitrogen and oxygen atoms in total. The lowest BCUT2D eigenvalue weighted by Gasteiger charge is -2.27. The van der Waals surface area contributed by atoms with Crippen molar-refractivity contribution in [1.82, 2.24) is 4.90 Å². The van der Waals surface area contributed by atoms with Crippen LogP contribution in [-0.4, -0.2) is 47.3 Å². The number of rotatable bonds is 4. The topological polar surface area (TPSA) is 75.7 Å². The SMILES string of the molecule is COc1ccccc1NC(=O)CN1C(=O)CS[C@H](C)C1=O. The molecule has 0 saturated carbocycles. The third-order valence-corrected chi connectivity index (χ3v) is 4.17. The number of ether oxygens (including phenoxy) is 1. The molecule has 0 aromatic heterocycles. The largest absolute Gasteiger partial charge is 0.495 e. The molecule has 0 unspecified atom stereocenters. The van der Waals surface area contributed by atoms with Crippen LogP contribution >= 0.6 is 11.8 Å². The second-order valence-electron chi connectivity index (χ2n) is 4.52. The first kappa shape index (κ1) is 15.4. The van der Waals surface area contributed by atoms with Crippen molar-refractivity contribution in [2.24, 2.45) is 0 Å². The average molecular weight is 308 g/mol. The van der Waals surface area contributed by atoms with E-state index >= 15 is 0 Å². The molecular formula is C14H16N2O4S. The molecule has 1 aliphatic rings. The van der Waals surface area contributed by atoms with E-state index in [1.54, 1.807) is 31.2 Å². The van der Waals surface area contributed by atoms with E-state index in [-0.39, 0.29) is 29.4 Å². The number of para-hydroxylation sites is 2. The van der Waals surface area contributed by atoms with E-state index in [1.807, 2.05) is 0 Å². The number of carbonyl (C=O) groups is 3. The highest BCUT2D eigenvalue weighted by Crippen LogP contribution is 2.23. The van der Waals surface area contributed by atoms with Crippen LogP contribution in [0.3, 0.4) is 0 Å². The van der Waals surface area contributed by atoms with Gasteiger partial charge in [0, 0.05) is 0 Å². The fourth-order valence-electron chi connectivity index (χ4n) is 1.94. The van der Waals surface area contributed by atoms with Crippen LogP contribution in [0.15, 0.2) is 24.3 Å². The van der Waals surface area contributed by atoms with Gasteiger partial charge in [0.1, 0.15) is 12.3 Å². The number of nitrogens with one attached hydrogen (secondary N) is 1. The van der Waals surface area contributed by atoms with Crippen molar-refractivity contribution in [2.45, 2.75) is 12.2 Å². The summed E-state index contributed by atoms with van der Waals surface area (Å²) in [6.07, 6.45) is 0. The van der Waals surface area contributed by atoms with Gasteiger partial charge in [-0.2, -0.15) is 0 Å². The van der Waals surface area contributed by atoms with Gasteiger partial charge in [-0.1, -0.05) is 12.1 Å². The van der Waals surface area contributed by atoms with E-state index in [4.69, 9.17) is 4.74 Å². The van der Waals surface area contributed by atoms with Crippen LogP contribution in [0.5, 0.6) is 5.75 Å². The monoisotopic (exact) mass is 308 g/mol. The Morgan fingerprint density at radius 2 is 2.14 bits per heavy atom. The number of hydrogen-bond acceptors (Lipinski definition) is 5. The highest BCUT2D eigenvalue weighted by atomic mass is 32.2. The first-order valence-electron chi connectivity index (χ1n) is 6.41. The summed E-state index contributed by atoms with van der Waals surface area (Å²) < 4.78 is 5.13. The van der Waals surface area contributed by atoms with Gasteiger partial charge in [-0.25, -0.2) is 0 Å². The fraction of sp³-hybridized carbons (Fsp3) is 0.357. The first-order valence-corrected chi connectivity index (χ1v) is 7.46. The summed E-state index contributed by atoms with van der Waals surface area (Å²) >= 11 is 1.28. The van der Waals surface area contributed by atoms with Crippen LogP contribution < -0.4 is 10.1 Å². The minimum Gasteiger partial charge on any atom is -0.495 e. The van der Waals surface area contributed by atoms with E-state index in [2.05, 4.69) is 5.32 Å². The van der Waals surface area contributed by atoms with Crippen molar-refractivity contribution >= 4 is 35.2 Å². The van der Waals surface area contributed by atoms with Crippen molar-refractivity contribution in [3.63, 3.8) is 0 Å². The summed E-state index contributed by atoms with van der Waals surface area (Å²) in [7, 11) is 1.50. The Labute approximate surface area is 126 Å². The lowest BCUT2D eigenvalue weighted by atomic mass is 10.3. The Balaban J connectivity index is 2.04. The van der Waals surface area contributed by atoms with Crippen molar-refractivity contribution < 1.29 is 19.1 Å². The summed E-state index contributed by atoms with van der Waals surface area (Å²) in [5, 5.41) is 2.34. The number of nitrogens with zero attached hydrogens (tertiary/aromatic N) is 1. The van der Waals surface area contributed by atoms with Gasteiger partial charge >= 0.3 is 0 Å². The normalized spacial score (nSPS) is 18.6. The molecule has 0 spiro atoms. The maximum Gasteiger partial charge on any atom is 0.244 e. The third kappa shape index (κ3) is 3.55. The number of imide groups is 1. The zero-order valence-electron chi connectivity index (χ0n) is 11.8. The Hall–Kier alpha value is -2.02. The van der Waals surface area contributed by atoms with Crippen molar-refractivity contribution in [1.29, 1.82) is 0 Å². The second kappa shape index (κ2) is 6.62. The molecule has 2 rings (SSSR count). The Morgan fingerprint density at radius 3 is 2.86 bits per heavy atom. The highest BCUT2D eigenvalue weighted by Gasteiger charge is 2.33. The number of amides is 3. The number of carbonyl (C=O) groups excluding carboxylic acids is 3. The highest BCUT2D eigenvalue weighted by molar-refractivity contribution is 8.01. The summed E-state index contributed by atoms with van der Waals surface area (Å²) in [5.41, 5.74) is 0.504. The quantitative estimate of drug-likeness (QED) is 0.844. The molecule has 0 aliphatic carbocycles. The maximum atomic E-state index is 12.0. The zero-order valence-corrected chi connectivity index (χ0v) is 12.6. The van der Waals surface area contributed by atoms with Crippen LogP contribution in [0, 0.1) is 0 Å². The molecule has 1 heterocycles. The molecule has 1 atom stereocenters. The number of anilines is 1. The van der Waals surface area contributed by atoms with Gasteiger partial charge in [0.2, 0.25) is 17.7 Å². The van der Waals surface area contributed by atoms with Gasteiger partial charge in [-0.05, 0) is 19.1 Å². The molecule has 1 aromatic carbocycles. The summed E-state index contributed by atoms with van der Waals surface area (Å²) in [4.78, 5) is 36.7. The van der Waals surface area contributed by atoms with Crippen molar-refractivity contribution in [3.05, 3.63) is 24.3 Å². The smallest absolute Gasteiger partial charge is 0.244 e. The third-order valence-electron chi connectivity index (χ3n) is 3.05. The van der Waals surface area contributed by atoms with Crippen molar-refractivity contribution in [3.8, 4) is 5.75 Å². The van der Waals surface area contributed by atoms with Gasteiger partial charge < -0.3 is 10.1 Å². The molecule has 1 aromatic rings. The van der Waals surface area contributed by atoms with E-state index in [1.165, 1.54) is 18.9 Å². The fourth-order valence-corrected chi connectivity index (χ4v) is 2.75. The number of hydrogen-bond donors (Lipinski definition) is 1. The van der Waals surface area contributed by atoms with Gasteiger partial charge in [0.25, 0.3) is 0 Å². The molecule has 112 valence electrons. The van der Waals surface area contributed by atoms with Crippen LogP contribution in [0.25, 0.3) is 0 Å². The van der Waals surface area contributed by atoms with Crippen LogP contribution in [-0.2, 0) is 14.4 Å². The predicted octanol–water partition coefficient (Wildman–Crippen LogP) is 1.12. The first-order chi connectivity index (χ1) is 10.0. The number of benzene rings is 1. The molecule has 0 bridgehead atoms. The summed E-state index contributed by atoms with van der Waals surface area (Å²) in [5.74, 6) is -0.356. The van der Waals surface area contributed by atoms with Gasteiger partial charge in [0.15, 0.2) is 0 Å². The summed E-state index contributed by atoms with van der Waals surface area (Å²) in [6.45, 7) is 1.45. The molecule has 0 radical (unpaired) electrons. The minimum absolute atomic E-state index is 0.217. The lowest BCUT2D eigenvalue weighted by Crippen LogP contribution is -2.49. The van der Waals surface area contributed by atoms with Crippen LogP contribution in [0.2, 0.25) is 0 Å². The molecule has 1 saturated heterocycles. The molecule has 3 amide bonds. The van der Waals surface area contributed by atoms with Crippen molar-refractivity contribution in [2.75, 3.05) is 24.7 Å². The molecular weight excluding hydrogens is 292 g/mol. The Kier molecular flexibility index (Phi) is 4.85. The van der Waals surface area contributed by atoms with Crippen LogP contribution in [0.1, 0.15) is 6.92 Å². The zero-order chi connectivity index (χ0) is 15.4. The number of methoxy groups -OCH3 is 1. The molecule has 1 N–H and O–H groups in total. The molecule has 7 heteroatoms. The average Bonchev–Trinajstić information content (AvgIpc) is 2.48. The number of thioether (sulfide) groups is 1. The predicted molar refractivity (Wildman–Crippen MR) is 80.3 cm³/mol.